The van der Waals surface area contributed by atoms with Crippen LogP contribution >= 0.6 is 24.0 Å². The summed E-state index contributed by atoms with van der Waals surface area (Å²) in [5, 5.41) is 0. The van der Waals surface area contributed by atoms with Gasteiger partial charge in [0.25, 0.3) is 0 Å². The highest BCUT2D eigenvalue weighted by molar-refractivity contribution is 7.98. The Morgan fingerprint density at radius 1 is 1.60 bits per heavy atom. The molecule has 0 aromatic carbocycles. The predicted molar refractivity (Wildman–Crippen MR) is 70.8 cm³/mol. The predicted octanol–water partition coefficient (Wildman–Crippen LogP) is 0.676. The molecule has 0 saturated carbocycles. The number of sulfonamides is 1. The first-order valence-corrected chi connectivity index (χ1v) is 7.99. The van der Waals surface area contributed by atoms with Crippen molar-refractivity contribution in [2.75, 3.05) is 24.8 Å². The molecular formula is C8H18N2O2S3. The normalized spacial score (nSPS) is 14.1. The number of nitrogens with zero attached hydrogens (tertiary/aromatic N) is 1. The number of hydrogen-bond acceptors (Lipinski definition) is 4. The Bertz CT molecular complexity index is 303. The van der Waals surface area contributed by atoms with Gasteiger partial charge in [0.1, 0.15) is 5.75 Å². The van der Waals surface area contributed by atoms with Crippen molar-refractivity contribution in [3.63, 3.8) is 0 Å². The average molecular weight is 270 g/mol. The van der Waals surface area contributed by atoms with Crippen LogP contribution < -0.4 is 5.73 Å². The van der Waals surface area contributed by atoms with Crippen molar-refractivity contribution in [1.29, 1.82) is 0 Å². The summed E-state index contributed by atoms with van der Waals surface area (Å²) in [7, 11) is -1.76. The largest absolute Gasteiger partial charge is 0.392 e. The van der Waals surface area contributed by atoms with Gasteiger partial charge in [-0.25, -0.2) is 12.7 Å². The molecule has 0 aliphatic carbocycles. The lowest BCUT2D eigenvalue weighted by molar-refractivity contribution is 0.387. The van der Waals surface area contributed by atoms with Gasteiger partial charge < -0.3 is 5.73 Å². The Balaban J connectivity index is 4.65. The van der Waals surface area contributed by atoms with Gasteiger partial charge in [0.05, 0.1) is 4.99 Å². The fraction of sp³-hybridized carbons (Fsp3) is 0.875. The molecule has 0 amide bonds. The second-order valence-electron chi connectivity index (χ2n) is 3.26. The van der Waals surface area contributed by atoms with Gasteiger partial charge in [0, 0.05) is 18.8 Å². The Morgan fingerprint density at radius 2 is 2.13 bits per heavy atom. The van der Waals surface area contributed by atoms with Crippen molar-refractivity contribution < 1.29 is 8.42 Å². The van der Waals surface area contributed by atoms with E-state index in [1.807, 2.05) is 13.2 Å². The third kappa shape index (κ3) is 5.14. The van der Waals surface area contributed by atoms with E-state index < -0.39 is 10.0 Å². The van der Waals surface area contributed by atoms with E-state index in [-0.39, 0.29) is 16.8 Å². The zero-order chi connectivity index (χ0) is 12.1. The monoisotopic (exact) mass is 270 g/mol. The van der Waals surface area contributed by atoms with Crippen LogP contribution in [0.5, 0.6) is 0 Å². The Hall–Kier alpha value is 0.150. The van der Waals surface area contributed by atoms with Gasteiger partial charge in [-0.15, -0.1) is 0 Å². The topological polar surface area (TPSA) is 63.4 Å². The van der Waals surface area contributed by atoms with E-state index >= 15 is 0 Å². The number of thioether (sulfide) groups is 1. The average Bonchev–Trinajstić information content (AvgIpc) is 2.11. The van der Waals surface area contributed by atoms with Crippen LogP contribution in [-0.2, 0) is 10.0 Å². The first-order chi connectivity index (χ1) is 6.85. The molecule has 15 heavy (non-hydrogen) atoms. The Kier molecular flexibility index (Phi) is 6.74. The summed E-state index contributed by atoms with van der Waals surface area (Å²) in [5.74, 6) is 0.535. The van der Waals surface area contributed by atoms with E-state index in [0.717, 1.165) is 12.2 Å². The highest BCUT2D eigenvalue weighted by Crippen LogP contribution is 2.12. The van der Waals surface area contributed by atoms with Gasteiger partial charge in [0.15, 0.2) is 0 Å². The van der Waals surface area contributed by atoms with Crippen LogP contribution in [0.15, 0.2) is 0 Å². The van der Waals surface area contributed by atoms with Gasteiger partial charge in [-0.1, -0.05) is 19.1 Å². The summed E-state index contributed by atoms with van der Waals surface area (Å²) >= 11 is 6.24. The molecule has 1 atom stereocenters. The summed E-state index contributed by atoms with van der Waals surface area (Å²) in [4.78, 5) is 0.0147. The summed E-state index contributed by atoms with van der Waals surface area (Å²) in [6, 6.07) is 0.0133. The van der Waals surface area contributed by atoms with Crippen LogP contribution in [0, 0.1) is 0 Å². The van der Waals surface area contributed by atoms with Crippen molar-refractivity contribution in [3.05, 3.63) is 0 Å². The van der Waals surface area contributed by atoms with E-state index in [1.165, 1.54) is 4.31 Å². The zero-order valence-electron chi connectivity index (χ0n) is 9.26. The summed E-state index contributed by atoms with van der Waals surface area (Å²) in [6.45, 7) is 1.97. The van der Waals surface area contributed by atoms with E-state index in [1.54, 1.807) is 18.8 Å². The molecule has 0 radical (unpaired) electrons. The molecule has 2 N–H and O–H groups in total. The molecule has 0 aliphatic rings. The zero-order valence-corrected chi connectivity index (χ0v) is 11.7. The molecule has 4 nitrogen and oxygen atoms in total. The Labute approximate surface area is 102 Å². The van der Waals surface area contributed by atoms with Gasteiger partial charge in [0.2, 0.25) is 10.0 Å². The van der Waals surface area contributed by atoms with Crippen LogP contribution in [0.3, 0.4) is 0 Å². The summed E-state index contributed by atoms with van der Waals surface area (Å²) in [6.07, 6.45) is 2.74. The van der Waals surface area contributed by atoms with Gasteiger partial charge in [-0.2, -0.15) is 11.8 Å². The van der Waals surface area contributed by atoms with Gasteiger partial charge in [-0.3, -0.25) is 0 Å². The van der Waals surface area contributed by atoms with Crippen LogP contribution in [0.2, 0.25) is 0 Å². The molecule has 1 unspecified atom stereocenters. The van der Waals surface area contributed by atoms with Gasteiger partial charge in [-0.05, 0) is 12.7 Å². The SMILES string of the molecule is CCC(CSC)N(C)S(=O)(=O)CC(N)=S. The molecule has 0 aromatic rings. The minimum Gasteiger partial charge on any atom is -0.392 e. The third-order valence-corrected chi connectivity index (χ3v) is 5.00. The molecule has 0 heterocycles. The molecule has 0 spiro atoms. The fourth-order valence-corrected chi connectivity index (χ4v) is 3.81. The van der Waals surface area contributed by atoms with Crippen LogP contribution in [-0.4, -0.2) is 48.6 Å². The molecule has 0 bridgehead atoms. The lowest BCUT2D eigenvalue weighted by Crippen LogP contribution is -2.41. The standard InChI is InChI=1S/C8H18N2O2S3/c1-4-7(5-14-3)10(2)15(11,12)6-8(9)13/h7H,4-6H2,1-3H3,(H2,9,13). The van der Waals surface area contributed by atoms with E-state index in [2.05, 4.69) is 12.2 Å². The molecule has 90 valence electrons. The molecule has 0 rings (SSSR count). The molecule has 0 saturated heterocycles. The molecule has 0 aliphatic heterocycles. The molecular weight excluding hydrogens is 252 g/mol. The lowest BCUT2D eigenvalue weighted by atomic mass is 10.3. The smallest absolute Gasteiger partial charge is 0.220 e. The second-order valence-corrected chi connectivity index (χ2v) is 6.72. The minimum absolute atomic E-state index is 0.0133. The van der Waals surface area contributed by atoms with E-state index in [9.17, 15) is 8.42 Å². The highest BCUT2D eigenvalue weighted by Gasteiger charge is 2.25. The van der Waals surface area contributed by atoms with Crippen molar-refractivity contribution in [1.82, 2.24) is 4.31 Å². The first-order valence-electron chi connectivity index (χ1n) is 4.58. The van der Waals surface area contributed by atoms with Crippen molar-refractivity contribution in [3.8, 4) is 0 Å². The van der Waals surface area contributed by atoms with Crippen LogP contribution in [0.4, 0.5) is 0 Å². The van der Waals surface area contributed by atoms with Crippen LogP contribution in [0.1, 0.15) is 13.3 Å². The summed E-state index contributed by atoms with van der Waals surface area (Å²) in [5.41, 5.74) is 5.25. The maximum atomic E-state index is 11.8. The number of thiocarbonyl (C=S) groups is 1. The second kappa shape index (κ2) is 6.67. The maximum Gasteiger partial charge on any atom is 0.220 e. The first kappa shape index (κ1) is 15.2. The van der Waals surface area contributed by atoms with Crippen molar-refractivity contribution in [2.45, 2.75) is 19.4 Å². The van der Waals surface area contributed by atoms with E-state index in [4.69, 9.17) is 5.73 Å². The molecule has 0 aromatic heterocycles. The minimum atomic E-state index is -3.34. The fourth-order valence-electron chi connectivity index (χ4n) is 1.18. The summed E-state index contributed by atoms with van der Waals surface area (Å²) < 4.78 is 24.9. The van der Waals surface area contributed by atoms with Gasteiger partial charge >= 0.3 is 0 Å². The number of nitrogens with two attached hydrogens (primary N) is 1. The number of hydrogen-bond donors (Lipinski definition) is 1. The van der Waals surface area contributed by atoms with Crippen molar-refractivity contribution in [2.24, 2.45) is 5.73 Å². The number of rotatable bonds is 7. The van der Waals surface area contributed by atoms with Crippen LogP contribution in [0.25, 0.3) is 0 Å². The third-order valence-electron chi connectivity index (χ3n) is 2.11. The van der Waals surface area contributed by atoms with E-state index in [0.29, 0.717) is 0 Å². The quantitative estimate of drug-likeness (QED) is 0.689. The van der Waals surface area contributed by atoms with Crippen molar-refractivity contribution >= 4 is 39.0 Å². The molecule has 0 fully saturated rings. The maximum absolute atomic E-state index is 11.8. The lowest BCUT2D eigenvalue weighted by Gasteiger charge is -2.25. The Morgan fingerprint density at radius 3 is 2.47 bits per heavy atom. The highest BCUT2D eigenvalue weighted by atomic mass is 32.2. The molecule has 7 heteroatoms.